The molecule has 0 saturated heterocycles. The van der Waals surface area contributed by atoms with Gasteiger partial charge in [-0.3, -0.25) is 0 Å². The highest BCUT2D eigenvalue weighted by atomic mass is 32.2. The molecule has 0 fully saturated rings. The van der Waals surface area contributed by atoms with Gasteiger partial charge < -0.3 is 15.3 Å². The molecule has 0 spiro atoms. The Kier molecular flexibility index (Phi) is 7.05. The molecule has 0 heterocycles. The molecule has 1 aromatic carbocycles. The second kappa shape index (κ2) is 8.29. The van der Waals surface area contributed by atoms with Gasteiger partial charge in [0.2, 0.25) is 0 Å². The van der Waals surface area contributed by atoms with Crippen LogP contribution in [0.5, 0.6) is 0 Å². The Bertz CT molecular complexity index is 458. The van der Waals surface area contributed by atoms with E-state index in [4.69, 9.17) is 5.11 Å². The third kappa shape index (κ3) is 6.40. The van der Waals surface area contributed by atoms with Crippen molar-refractivity contribution in [3.63, 3.8) is 0 Å². The minimum atomic E-state index is -0.111. The van der Waals surface area contributed by atoms with Crippen LogP contribution in [0.15, 0.2) is 29.2 Å². The van der Waals surface area contributed by atoms with E-state index in [1.165, 1.54) is 0 Å². The van der Waals surface area contributed by atoms with Crippen LogP contribution in [-0.2, 0) is 0 Å². The number of para-hydroxylation sites is 1. The fourth-order valence-corrected chi connectivity index (χ4v) is 2.58. The van der Waals surface area contributed by atoms with Crippen LogP contribution in [0.25, 0.3) is 0 Å². The Labute approximate surface area is 131 Å². The molecular formula is C16H26N2O2S. The average Bonchev–Trinajstić information content (AvgIpc) is 2.42. The highest BCUT2D eigenvalue weighted by molar-refractivity contribution is 7.98. The molecule has 0 aliphatic heterocycles. The molecule has 0 aliphatic rings. The monoisotopic (exact) mass is 310 g/mol. The summed E-state index contributed by atoms with van der Waals surface area (Å²) in [6.07, 6.45) is 2.58. The number of aliphatic hydroxyl groups is 1. The molecule has 0 radical (unpaired) electrons. The van der Waals surface area contributed by atoms with Crippen LogP contribution in [0, 0.1) is 5.41 Å². The van der Waals surface area contributed by atoms with Crippen molar-refractivity contribution < 1.29 is 9.90 Å². The number of benzene rings is 1. The molecule has 5 heteroatoms. The van der Waals surface area contributed by atoms with E-state index < -0.39 is 0 Å². The quantitative estimate of drug-likeness (QED) is 0.788. The largest absolute Gasteiger partial charge is 0.396 e. The lowest BCUT2D eigenvalue weighted by atomic mass is 9.96. The molecule has 118 valence electrons. The summed E-state index contributed by atoms with van der Waals surface area (Å²) in [7, 11) is 0. The van der Waals surface area contributed by atoms with Gasteiger partial charge in [0.15, 0.2) is 0 Å². The lowest BCUT2D eigenvalue weighted by Crippen LogP contribution is -2.41. The maximum Gasteiger partial charge on any atom is 0.321 e. The summed E-state index contributed by atoms with van der Waals surface area (Å²) in [5.41, 5.74) is 0.851. The molecule has 0 bridgehead atoms. The predicted molar refractivity (Wildman–Crippen MR) is 90.0 cm³/mol. The van der Waals surface area contributed by atoms with Gasteiger partial charge in [0.25, 0.3) is 0 Å². The summed E-state index contributed by atoms with van der Waals surface area (Å²) in [6.45, 7) is 7.60. The number of rotatable bonds is 6. The maximum absolute atomic E-state index is 12.5. The van der Waals surface area contributed by atoms with Gasteiger partial charge >= 0.3 is 6.03 Å². The van der Waals surface area contributed by atoms with Gasteiger partial charge in [-0.05, 0) is 30.2 Å². The number of urea groups is 1. The van der Waals surface area contributed by atoms with E-state index in [2.05, 4.69) is 26.1 Å². The number of nitrogens with zero attached hydrogens (tertiary/aromatic N) is 1. The summed E-state index contributed by atoms with van der Waals surface area (Å²) in [5.74, 6) is 0. The third-order valence-electron chi connectivity index (χ3n) is 2.89. The van der Waals surface area contributed by atoms with Gasteiger partial charge in [0.05, 0.1) is 5.69 Å². The fourth-order valence-electron chi connectivity index (χ4n) is 2.03. The number of hydrogen-bond acceptors (Lipinski definition) is 3. The van der Waals surface area contributed by atoms with E-state index in [9.17, 15) is 4.79 Å². The molecular weight excluding hydrogens is 284 g/mol. The van der Waals surface area contributed by atoms with E-state index in [0.717, 1.165) is 10.6 Å². The number of aliphatic hydroxyl groups excluding tert-OH is 1. The van der Waals surface area contributed by atoms with Crippen molar-refractivity contribution in [2.45, 2.75) is 32.1 Å². The zero-order valence-corrected chi connectivity index (χ0v) is 14.2. The minimum absolute atomic E-state index is 0.0197. The van der Waals surface area contributed by atoms with Crippen molar-refractivity contribution >= 4 is 23.5 Å². The van der Waals surface area contributed by atoms with Crippen molar-refractivity contribution in [1.29, 1.82) is 0 Å². The predicted octanol–water partition coefficient (Wildman–Crippen LogP) is 3.67. The van der Waals surface area contributed by atoms with E-state index in [1.807, 2.05) is 30.5 Å². The first-order valence-corrected chi connectivity index (χ1v) is 8.39. The van der Waals surface area contributed by atoms with Crippen LogP contribution < -0.4 is 5.32 Å². The smallest absolute Gasteiger partial charge is 0.321 e. The summed E-state index contributed by atoms with van der Waals surface area (Å²) in [4.78, 5) is 15.3. The summed E-state index contributed by atoms with van der Waals surface area (Å²) < 4.78 is 0. The summed E-state index contributed by atoms with van der Waals surface area (Å²) in [5, 5.41) is 12.0. The standard InChI is InChI=1S/C16H26N2O2S/c1-16(2,3)12-18(10-7-11-19)15(20)17-13-8-5-6-9-14(13)21-4/h5-6,8-9,19H,7,10-12H2,1-4H3,(H,17,20). The molecule has 0 saturated carbocycles. The van der Waals surface area contributed by atoms with Gasteiger partial charge in [-0.1, -0.05) is 32.9 Å². The van der Waals surface area contributed by atoms with E-state index in [1.54, 1.807) is 16.7 Å². The topological polar surface area (TPSA) is 52.6 Å². The fraction of sp³-hybridized carbons (Fsp3) is 0.562. The van der Waals surface area contributed by atoms with Crippen molar-refractivity contribution in [2.75, 3.05) is 31.3 Å². The Morgan fingerprint density at radius 2 is 2.00 bits per heavy atom. The second-order valence-electron chi connectivity index (χ2n) is 6.19. The average molecular weight is 310 g/mol. The highest BCUT2D eigenvalue weighted by Gasteiger charge is 2.21. The molecule has 1 rings (SSSR count). The number of nitrogens with one attached hydrogen (secondary N) is 1. The molecule has 0 aliphatic carbocycles. The van der Waals surface area contributed by atoms with Crippen molar-refractivity contribution in [3.05, 3.63) is 24.3 Å². The van der Waals surface area contributed by atoms with Gasteiger partial charge in [0.1, 0.15) is 0 Å². The number of thioether (sulfide) groups is 1. The molecule has 0 unspecified atom stereocenters. The molecule has 4 nitrogen and oxygen atoms in total. The van der Waals surface area contributed by atoms with Gasteiger partial charge in [-0.15, -0.1) is 11.8 Å². The van der Waals surface area contributed by atoms with Gasteiger partial charge in [-0.25, -0.2) is 4.79 Å². The van der Waals surface area contributed by atoms with Crippen LogP contribution in [-0.4, -0.2) is 42.0 Å². The summed E-state index contributed by atoms with van der Waals surface area (Å²) in [6, 6.07) is 7.66. The molecule has 0 atom stereocenters. The number of carbonyl (C=O) groups is 1. The molecule has 1 aromatic rings. The number of carbonyl (C=O) groups excluding carboxylic acids is 1. The highest BCUT2D eigenvalue weighted by Crippen LogP contribution is 2.25. The van der Waals surface area contributed by atoms with Crippen molar-refractivity contribution in [1.82, 2.24) is 4.90 Å². The van der Waals surface area contributed by atoms with Gasteiger partial charge in [0, 0.05) is 24.6 Å². The van der Waals surface area contributed by atoms with Crippen LogP contribution in [0.3, 0.4) is 0 Å². The number of anilines is 1. The first kappa shape index (κ1) is 17.9. The molecule has 2 N–H and O–H groups in total. The normalized spacial score (nSPS) is 11.3. The Morgan fingerprint density at radius 1 is 1.33 bits per heavy atom. The SMILES string of the molecule is CSc1ccccc1NC(=O)N(CCCO)CC(C)(C)C. The first-order chi connectivity index (χ1) is 9.87. The Hall–Kier alpha value is -1.20. The molecule has 2 amide bonds. The lowest BCUT2D eigenvalue weighted by molar-refractivity contribution is 0.176. The molecule has 21 heavy (non-hydrogen) atoms. The Morgan fingerprint density at radius 3 is 2.57 bits per heavy atom. The van der Waals surface area contributed by atoms with Crippen LogP contribution >= 0.6 is 11.8 Å². The Balaban J connectivity index is 2.80. The van der Waals surface area contributed by atoms with E-state index in [0.29, 0.717) is 19.5 Å². The first-order valence-electron chi connectivity index (χ1n) is 7.17. The second-order valence-corrected chi connectivity index (χ2v) is 7.04. The van der Waals surface area contributed by atoms with E-state index in [-0.39, 0.29) is 18.1 Å². The van der Waals surface area contributed by atoms with Crippen molar-refractivity contribution in [3.8, 4) is 0 Å². The number of hydrogen-bond donors (Lipinski definition) is 2. The minimum Gasteiger partial charge on any atom is -0.396 e. The third-order valence-corrected chi connectivity index (χ3v) is 3.68. The van der Waals surface area contributed by atoms with Crippen LogP contribution in [0.2, 0.25) is 0 Å². The zero-order chi connectivity index (χ0) is 15.9. The van der Waals surface area contributed by atoms with Crippen LogP contribution in [0.4, 0.5) is 10.5 Å². The van der Waals surface area contributed by atoms with Crippen molar-refractivity contribution in [2.24, 2.45) is 5.41 Å². The molecule has 0 aromatic heterocycles. The maximum atomic E-state index is 12.5. The van der Waals surface area contributed by atoms with Gasteiger partial charge in [-0.2, -0.15) is 0 Å². The zero-order valence-electron chi connectivity index (χ0n) is 13.3. The summed E-state index contributed by atoms with van der Waals surface area (Å²) >= 11 is 1.61. The lowest BCUT2D eigenvalue weighted by Gasteiger charge is -2.30. The number of amides is 2. The van der Waals surface area contributed by atoms with Crippen LogP contribution in [0.1, 0.15) is 27.2 Å². The van der Waals surface area contributed by atoms with E-state index >= 15 is 0 Å².